The van der Waals surface area contributed by atoms with Gasteiger partial charge in [-0.15, -0.1) is 0 Å². The summed E-state index contributed by atoms with van der Waals surface area (Å²) in [5.41, 5.74) is 3.57. The topological polar surface area (TPSA) is 98.8 Å². The third kappa shape index (κ3) is 3.92. The fourth-order valence-electron chi connectivity index (χ4n) is 3.85. The van der Waals surface area contributed by atoms with E-state index in [0.29, 0.717) is 51.6 Å². The molecule has 2 aliphatic rings. The van der Waals surface area contributed by atoms with Gasteiger partial charge in [-0.25, -0.2) is 0 Å². The van der Waals surface area contributed by atoms with Crippen LogP contribution in [0.5, 0.6) is 0 Å². The van der Waals surface area contributed by atoms with E-state index in [9.17, 15) is 9.59 Å². The Labute approximate surface area is 168 Å². The van der Waals surface area contributed by atoms with Crippen molar-refractivity contribution in [3.05, 3.63) is 28.8 Å². The highest BCUT2D eigenvalue weighted by Gasteiger charge is 2.32. The summed E-state index contributed by atoms with van der Waals surface area (Å²) in [7, 11) is 1.59. The molecule has 1 aliphatic heterocycles. The molecule has 0 bridgehead atoms. The van der Waals surface area contributed by atoms with Crippen molar-refractivity contribution in [3.8, 4) is 11.3 Å². The smallest absolute Gasteiger partial charge is 0.290 e. The predicted octanol–water partition coefficient (Wildman–Crippen LogP) is 0.785. The van der Waals surface area contributed by atoms with Crippen molar-refractivity contribution in [1.82, 2.24) is 20.0 Å². The number of rotatable bonds is 6. The summed E-state index contributed by atoms with van der Waals surface area (Å²) in [6.07, 6.45) is 3.39. The lowest BCUT2D eigenvalue weighted by Gasteiger charge is -2.26. The number of morpholine rings is 1. The number of amides is 2. The molecule has 0 unspecified atom stereocenters. The van der Waals surface area contributed by atoms with Crippen LogP contribution in [0.15, 0.2) is 10.6 Å². The molecule has 0 aromatic carbocycles. The largest absolute Gasteiger partial charge is 0.455 e. The number of hydrogen-bond acceptors (Lipinski definition) is 6. The van der Waals surface area contributed by atoms with Gasteiger partial charge in [0.2, 0.25) is 5.91 Å². The van der Waals surface area contributed by atoms with Gasteiger partial charge in [-0.1, -0.05) is 0 Å². The fraction of sp³-hybridized carbons (Fsp3) is 0.550. The summed E-state index contributed by atoms with van der Waals surface area (Å²) in [6, 6.07) is 0. The van der Waals surface area contributed by atoms with Crippen LogP contribution in [0, 0.1) is 6.92 Å². The summed E-state index contributed by atoms with van der Waals surface area (Å²) >= 11 is 0. The van der Waals surface area contributed by atoms with E-state index >= 15 is 0 Å². The molecule has 2 aromatic rings. The van der Waals surface area contributed by atoms with Crippen molar-refractivity contribution in [1.29, 1.82) is 0 Å². The van der Waals surface area contributed by atoms with Crippen LogP contribution in [0.4, 0.5) is 0 Å². The third-order valence-corrected chi connectivity index (χ3v) is 5.34. The fourth-order valence-corrected chi connectivity index (χ4v) is 3.85. The van der Waals surface area contributed by atoms with Crippen molar-refractivity contribution in [3.63, 3.8) is 0 Å². The summed E-state index contributed by atoms with van der Waals surface area (Å²) in [4.78, 5) is 26.8. The first-order valence-electron chi connectivity index (χ1n) is 9.90. The van der Waals surface area contributed by atoms with E-state index in [4.69, 9.17) is 13.9 Å². The van der Waals surface area contributed by atoms with E-state index in [0.717, 1.165) is 34.6 Å². The maximum absolute atomic E-state index is 12.9. The molecule has 1 saturated heterocycles. The SMILES string of the molecule is COCCNC(=O)Cn1cc2c(n1)-c1c(oc(C(=O)N3CCOCC3)c1C)CC2. The minimum atomic E-state index is -0.116. The zero-order valence-corrected chi connectivity index (χ0v) is 16.8. The van der Waals surface area contributed by atoms with E-state index in [-0.39, 0.29) is 18.4 Å². The van der Waals surface area contributed by atoms with Gasteiger partial charge in [-0.05, 0) is 18.9 Å². The van der Waals surface area contributed by atoms with Crippen molar-refractivity contribution in [2.45, 2.75) is 26.3 Å². The Morgan fingerprint density at radius 2 is 2.07 bits per heavy atom. The van der Waals surface area contributed by atoms with Crippen molar-refractivity contribution in [2.75, 3.05) is 46.6 Å². The van der Waals surface area contributed by atoms with Crippen LogP contribution >= 0.6 is 0 Å². The summed E-state index contributed by atoms with van der Waals surface area (Å²) < 4.78 is 17.9. The molecule has 0 spiro atoms. The number of carbonyl (C=O) groups is 2. The lowest BCUT2D eigenvalue weighted by atomic mass is 9.93. The quantitative estimate of drug-likeness (QED) is 0.717. The van der Waals surface area contributed by atoms with Gasteiger partial charge in [0.05, 0.1) is 25.5 Å². The van der Waals surface area contributed by atoms with Gasteiger partial charge in [0.25, 0.3) is 5.91 Å². The monoisotopic (exact) mass is 402 g/mol. The number of furan rings is 1. The number of methoxy groups -OCH3 is 1. The molecule has 0 saturated carbocycles. The highest BCUT2D eigenvalue weighted by atomic mass is 16.5. The number of nitrogens with zero attached hydrogens (tertiary/aromatic N) is 3. The second kappa shape index (κ2) is 8.38. The first-order chi connectivity index (χ1) is 14.1. The van der Waals surface area contributed by atoms with E-state index in [1.807, 2.05) is 13.1 Å². The Morgan fingerprint density at radius 3 is 2.83 bits per heavy atom. The Balaban J connectivity index is 1.55. The van der Waals surface area contributed by atoms with Gasteiger partial charge in [0, 0.05) is 50.5 Å². The Kier molecular flexibility index (Phi) is 5.68. The lowest BCUT2D eigenvalue weighted by molar-refractivity contribution is -0.122. The molecule has 0 atom stereocenters. The molecule has 1 fully saturated rings. The van der Waals surface area contributed by atoms with Crippen LogP contribution in [0.25, 0.3) is 11.3 Å². The van der Waals surface area contributed by atoms with E-state index < -0.39 is 0 Å². The van der Waals surface area contributed by atoms with Gasteiger partial charge in [0.15, 0.2) is 5.76 Å². The highest BCUT2D eigenvalue weighted by Crippen LogP contribution is 2.38. The molecule has 2 amide bonds. The second-order valence-corrected chi connectivity index (χ2v) is 7.30. The number of nitrogens with one attached hydrogen (secondary N) is 1. The molecule has 1 N–H and O–H groups in total. The molecular weight excluding hydrogens is 376 g/mol. The highest BCUT2D eigenvalue weighted by molar-refractivity contribution is 5.95. The first kappa shape index (κ1) is 19.7. The number of ether oxygens (including phenoxy) is 2. The van der Waals surface area contributed by atoms with E-state index in [1.165, 1.54) is 0 Å². The molecule has 1 aliphatic carbocycles. The first-order valence-corrected chi connectivity index (χ1v) is 9.90. The van der Waals surface area contributed by atoms with Gasteiger partial charge in [-0.3, -0.25) is 14.3 Å². The van der Waals surface area contributed by atoms with Gasteiger partial charge >= 0.3 is 0 Å². The van der Waals surface area contributed by atoms with Gasteiger partial charge in [-0.2, -0.15) is 5.10 Å². The lowest BCUT2D eigenvalue weighted by Crippen LogP contribution is -2.40. The predicted molar refractivity (Wildman–Crippen MR) is 104 cm³/mol. The Morgan fingerprint density at radius 1 is 1.28 bits per heavy atom. The molecule has 9 nitrogen and oxygen atoms in total. The van der Waals surface area contributed by atoms with Crippen molar-refractivity contribution >= 4 is 11.8 Å². The van der Waals surface area contributed by atoms with Crippen LogP contribution < -0.4 is 5.32 Å². The molecule has 3 heterocycles. The molecule has 29 heavy (non-hydrogen) atoms. The maximum atomic E-state index is 12.9. The standard InChI is InChI=1S/C20H26N4O5/c1-13-17-15(29-19(13)20(26)23-6-9-28-10-7-23)4-3-14-11-24(22-18(14)17)12-16(25)21-5-8-27-2/h11H,3-10,12H2,1-2H3,(H,21,25). The normalized spacial score (nSPS) is 15.7. The number of carbonyl (C=O) groups excluding carboxylic acids is 2. The number of fused-ring (bicyclic) bond motifs is 3. The Bertz CT molecular complexity index is 910. The second-order valence-electron chi connectivity index (χ2n) is 7.30. The Hall–Kier alpha value is -2.65. The third-order valence-electron chi connectivity index (χ3n) is 5.34. The number of aryl methyl sites for hydroxylation is 2. The summed E-state index contributed by atoms with van der Waals surface area (Å²) in [5.74, 6) is 0.964. The average Bonchev–Trinajstić information content (AvgIpc) is 3.28. The van der Waals surface area contributed by atoms with Crippen LogP contribution in [-0.4, -0.2) is 73.1 Å². The molecule has 4 rings (SSSR count). The molecule has 9 heteroatoms. The van der Waals surface area contributed by atoms with E-state index in [2.05, 4.69) is 10.4 Å². The minimum absolute atomic E-state index is 0.0984. The number of aromatic nitrogens is 2. The van der Waals surface area contributed by atoms with E-state index in [1.54, 1.807) is 16.7 Å². The molecule has 0 radical (unpaired) electrons. The van der Waals surface area contributed by atoms with Crippen LogP contribution in [0.3, 0.4) is 0 Å². The van der Waals surface area contributed by atoms with Gasteiger partial charge < -0.3 is 24.1 Å². The minimum Gasteiger partial charge on any atom is -0.455 e. The number of hydrogen-bond donors (Lipinski definition) is 1. The maximum Gasteiger partial charge on any atom is 0.290 e. The zero-order valence-electron chi connectivity index (χ0n) is 16.8. The average molecular weight is 402 g/mol. The summed E-state index contributed by atoms with van der Waals surface area (Å²) in [5, 5.41) is 7.42. The van der Waals surface area contributed by atoms with Crippen molar-refractivity contribution < 1.29 is 23.5 Å². The molecule has 2 aromatic heterocycles. The summed E-state index contributed by atoms with van der Waals surface area (Å²) in [6.45, 7) is 5.22. The van der Waals surface area contributed by atoms with Crippen molar-refractivity contribution in [2.24, 2.45) is 0 Å². The van der Waals surface area contributed by atoms with Gasteiger partial charge in [0.1, 0.15) is 12.3 Å². The van der Waals surface area contributed by atoms with Crippen LogP contribution in [-0.2, 0) is 33.7 Å². The zero-order chi connectivity index (χ0) is 20.4. The molecule has 156 valence electrons. The van der Waals surface area contributed by atoms with Crippen LogP contribution in [0.2, 0.25) is 0 Å². The molecular formula is C20H26N4O5. The van der Waals surface area contributed by atoms with Crippen LogP contribution in [0.1, 0.15) is 27.4 Å².